The molecule has 0 N–H and O–H groups in total. The largest absolute Gasteiger partial charge is 0.377 e. The van der Waals surface area contributed by atoms with E-state index < -0.39 is 0 Å². The van der Waals surface area contributed by atoms with E-state index in [1.165, 1.54) is 11.8 Å². The Morgan fingerprint density at radius 2 is 2.38 bits per heavy atom. The molecule has 2 rings (SSSR count). The molecule has 0 aliphatic carbocycles. The van der Waals surface area contributed by atoms with Crippen LogP contribution in [0.3, 0.4) is 0 Å². The maximum absolute atomic E-state index is 5.97. The van der Waals surface area contributed by atoms with Crippen LogP contribution in [0.1, 0.15) is 6.92 Å². The second-order valence-electron chi connectivity index (χ2n) is 3.65. The first-order valence-electron chi connectivity index (χ1n) is 5.13. The van der Waals surface area contributed by atoms with Crippen LogP contribution in [-0.2, 0) is 4.74 Å². The molecule has 1 fully saturated rings. The molecule has 4 nitrogen and oxygen atoms in total. The molecule has 0 bridgehead atoms. The molecule has 6 heteroatoms. The number of rotatable bonds is 2. The number of aromatic nitrogens is 2. The Labute approximate surface area is 104 Å². The van der Waals surface area contributed by atoms with Crippen LogP contribution in [0, 0.1) is 0 Å². The van der Waals surface area contributed by atoms with Gasteiger partial charge in [-0.3, -0.25) is 0 Å². The summed E-state index contributed by atoms with van der Waals surface area (Å²) < 4.78 is 5.40. The number of morpholine rings is 1. The lowest BCUT2D eigenvalue weighted by Gasteiger charge is -2.34. The van der Waals surface area contributed by atoms with Gasteiger partial charge in [-0.2, -0.15) is 0 Å². The molecule has 0 spiro atoms. The number of thioether (sulfide) groups is 1. The standard InChI is InChI=1S/C10H14ClN3OS/c1-7-6-15-4-3-14(7)9-5-8(11)12-10(13-9)16-2/h5,7H,3-4,6H2,1-2H3/t7-/m1/s1. The van der Waals surface area contributed by atoms with Crippen molar-refractivity contribution in [3.05, 3.63) is 11.2 Å². The quantitative estimate of drug-likeness (QED) is 0.462. The number of nitrogens with zero attached hydrogens (tertiary/aromatic N) is 3. The minimum atomic E-state index is 0.328. The Balaban J connectivity index is 2.27. The van der Waals surface area contributed by atoms with Crippen molar-refractivity contribution >= 4 is 29.2 Å². The monoisotopic (exact) mass is 259 g/mol. The van der Waals surface area contributed by atoms with Crippen LogP contribution in [0.15, 0.2) is 11.2 Å². The third kappa shape index (κ3) is 2.59. The van der Waals surface area contributed by atoms with E-state index in [0.29, 0.717) is 16.4 Å². The normalized spacial score (nSPS) is 21.2. The summed E-state index contributed by atoms with van der Waals surface area (Å²) in [6.07, 6.45) is 1.94. The number of ether oxygens (including phenoxy) is 1. The third-order valence-corrected chi connectivity index (χ3v) is 3.25. The van der Waals surface area contributed by atoms with Crippen LogP contribution < -0.4 is 4.90 Å². The molecule has 88 valence electrons. The summed E-state index contributed by atoms with van der Waals surface area (Å²) in [6, 6.07) is 2.14. The number of hydrogen-bond acceptors (Lipinski definition) is 5. The number of halogens is 1. The highest BCUT2D eigenvalue weighted by atomic mass is 35.5. The topological polar surface area (TPSA) is 38.2 Å². The van der Waals surface area contributed by atoms with Crippen molar-refractivity contribution in [3.8, 4) is 0 Å². The zero-order valence-electron chi connectivity index (χ0n) is 9.31. The molecule has 1 aliphatic heterocycles. The summed E-state index contributed by atoms with van der Waals surface area (Å²) in [7, 11) is 0. The molecular formula is C10H14ClN3OS. The molecule has 0 amide bonds. The molecule has 2 heterocycles. The van der Waals surface area contributed by atoms with Gasteiger partial charge in [-0.05, 0) is 13.2 Å². The summed E-state index contributed by atoms with van der Waals surface area (Å²) in [5.74, 6) is 0.889. The van der Waals surface area contributed by atoms with Gasteiger partial charge in [0.25, 0.3) is 0 Å². The zero-order valence-corrected chi connectivity index (χ0v) is 10.9. The first kappa shape index (κ1) is 12.0. The van der Waals surface area contributed by atoms with E-state index in [0.717, 1.165) is 25.6 Å². The second-order valence-corrected chi connectivity index (χ2v) is 4.81. The van der Waals surface area contributed by atoms with Crippen molar-refractivity contribution in [1.82, 2.24) is 9.97 Å². The summed E-state index contributed by atoms with van der Waals surface area (Å²) in [6.45, 7) is 4.44. The highest BCUT2D eigenvalue weighted by Crippen LogP contribution is 2.23. The van der Waals surface area contributed by atoms with Gasteiger partial charge < -0.3 is 9.64 Å². The first-order chi connectivity index (χ1) is 7.70. The Bertz CT molecular complexity index is 377. The van der Waals surface area contributed by atoms with E-state index in [1.807, 2.05) is 12.3 Å². The van der Waals surface area contributed by atoms with Crippen molar-refractivity contribution in [2.24, 2.45) is 0 Å². The highest BCUT2D eigenvalue weighted by Gasteiger charge is 2.21. The summed E-state index contributed by atoms with van der Waals surface area (Å²) in [4.78, 5) is 10.8. The summed E-state index contributed by atoms with van der Waals surface area (Å²) >= 11 is 7.47. The molecule has 0 radical (unpaired) electrons. The Kier molecular flexibility index (Phi) is 3.89. The Morgan fingerprint density at radius 3 is 3.06 bits per heavy atom. The molecule has 0 unspecified atom stereocenters. The van der Waals surface area contributed by atoms with Gasteiger partial charge >= 0.3 is 0 Å². The summed E-state index contributed by atoms with van der Waals surface area (Å²) in [5.41, 5.74) is 0. The van der Waals surface area contributed by atoms with Gasteiger partial charge in [0.05, 0.1) is 19.3 Å². The molecule has 0 aromatic carbocycles. The van der Waals surface area contributed by atoms with Gasteiger partial charge in [-0.15, -0.1) is 0 Å². The number of hydrogen-bond donors (Lipinski definition) is 0. The smallest absolute Gasteiger partial charge is 0.190 e. The maximum Gasteiger partial charge on any atom is 0.190 e. The fourth-order valence-corrected chi connectivity index (χ4v) is 2.29. The van der Waals surface area contributed by atoms with Gasteiger partial charge in [-0.25, -0.2) is 9.97 Å². The molecule has 1 aliphatic rings. The van der Waals surface area contributed by atoms with Crippen LogP contribution in [0.4, 0.5) is 5.82 Å². The molecule has 0 saturated carbocycles. The van der Waals surface area contributed by atoms with Crippen LogP contribution in [0.5, 0.6) is 0 Å². The average Bonchev–Trinajstić information content (AvgIpc) is 2.28. The van der Waals surface area contributed by atoms with Crippen molar-refractivity contribution in [3.63, 3.8) is 0 Å². The predicted octanol–water partition coefficient (Wildman–Crippen LogP) is 2.08. The fourth-order valence-electron chi connectivity index (χ4n) is 1.69. The molecule has 16 heavy (non-hydrogen) atoms. The first-order valence-corrected chi connectivity index (χ1v) is 6.74. The van der Waals surface area contributed by atoms with E-state index in [-0.39, 0.29) is 0 Å². The van der Waals surface area contributed by atoms with Crippen LogP contribution in [-0.4, -0.2) is 42.0 Å². The van der Waals surface area contributed by atoms with Gasteiger partial charge in [0.15, 0.2) is 5.16 Å². The van der Waals surface area contributed by atoms with Crippen LogP contribution in [0.2, 0.25) is 5.15 Å². The molecule has 1 aromatic rings. The van der Waals surface area contributed by atoms with E-state index in [1.54, 1.807) is 0 Å². The van der Waals surface area contributed by atoms with Gasteiger partial charge in [0.1, 0.15) is 11.0 Å². The molecule has 1 aromatic heterocycles. The minimum Gasteiger partial charge on any atom is -0.377 e. The lowest BCUT2D eigenvalue weighted by Crippen LogP contribution is -2.44. The summed E-state index contributed by atoms with van der Waals surface area (Å²) in [5, 5.41) is 1.20. The van der Waals surface area contributed by atoms with Crippen LogP contribution >= 0.6 is 23.4 Å². The average molecular weight is 260 g/mol. The molecular weight excluding hydrogens is 246 g/mol. The van der Waals surface area contributed by atoms with E-state index in [2.05, 4.69) is 21.8 Å². The Hall–Kier alpha value is -0.520. The lowest BCUT2D eigenvalue weighted by atomic mass is 10.2. The zero-order chi connectivity index (χ0) is 11.5. The SMILES string of the molecule is CSc1nc(Cl)cc(N2CCOC[C@H]2C)n1. The maximum atomic E-state index is 5.97. The molecule has 1 saturated heterocycles. The fraction of sp³-hybridized carbons (Fsp3) is 0.600. The van der Waals surface area contributed by atoms with E-state index in [9.17, 15) is 0 Å². The third-order valence-electron chi connectivity index (χ3n) is 2.51. The molecule has 1 atom stereocenters. The van der Waals surface area contributed by atoms with Crippen molar-refractivity contribution in [2.75, 3.05) is 30.9 Å². The highest BCUT2D eigenvalue weighted by molar-refractivity contribution is 7.98. The second kappa shape index (κ2) is 5.21. The van der Waals surface area contributed by atoms with Crippen LogP contribution in [0.25, 0.3) is 0 Å². The Morgan fingerprint density at radius 1 is 1.56 bits per heavy atom. The van der Waals surface area contributed by atoms with Gasteiger partial charge in [-0.1, -0.05) is 23.4 Å². The minimum absolute atomic E-state index is 0.328. The predicted molar refractivity (Wildman–Crippen MR) is 66.5 cm³/mol. The number of anilines is 1. The van der Waals surface area contributed by atoms with Crippen molar-refractivity contribution in [2.45, 2.75) is 18.1 Å². The van der Waals surface area contributed by atoms with E-state index >= 15 is 0 Å². The van der Waals surface area contributed by atoms with Gasteiger partial charge in [0.2, 0.25) is 0 Å². The van der Waals surface area contributed by atoms with Gasteiger partial charge in [0, 0.05) is 12.6 Å². The van der Waals surface area contributed by atoms with Crippen molar-refractivity contribution in [1.29, 1.82) is 0 Å². The van der Waals surface area contributed by atoms with E-state index in [4.69, 9.17) is 16.3 Å². The van der Waals surface area contributed by atoms with Crippen molar-refractivity contribution < 1.29 is 4.74 Å². The lowest BCUT2D eigenvalue weighted by molar-refractivity contribution is 0.0984.